The lowest BCUT2D eigenvalue weighted by Crippen LogP contribution is -2.23. The van der Waals surface area contributed by atoms with Crippen molar-refractivity contribution in [2.75, 3.05) is 19.2 Å². The van der Waals surface area contributed by atoms with E-state index in [1.807, 2.05) is 54.9 Å². The molecular formula is C20H19ClN4O2S. The van der Waals surface area contributed by atoms with Crippen molar-refractivity contribution >= 4 is 40.2 Å². The van der Waals surface area contributed by atoms with Crippen molar-refractivity contribution in [3.05, 3.63) is 70.1 Å². The van der Waals surface area contributed by atoms with Gasteiger partial charge in [0.05, 0.1) is 12.8 Å². The predicted octanol–water partition coefficient (Wildman–Crippen LogP) is 4.42. The Morgan fingerprint density at radius 1 is 1.29 bits per heavy atom. The topological polar surface area (TPSA) is 66.8 Å². The van der Waals surface area contributed by atoms with Crippen LogP contribution in [0.5, 0.6) is 0 Å². The van der Waals surface area contributed by atoms with E-state index < -0.39 is 0 Å². The molecule has 0 fully saturated rings. The Labute approximate surface area is 172 Å². The number of halogens is 1. The van der Waals surface area contributed by atoms with E-state index in [9.17, 15) is 4.79 Å². The lowest BCUT2D eigenvalue weighted by Gasteiger charge is -2.09. The van der Waals surface area contributed by atoms with Crippen molar-refractivity contribution in [1.29, 1.82) is 0 Å². The average Bonchev–Trinajstić information content (AvgIpc) is 3.19. The number of hydrogen-bond donors (Lipinski definition) is 1. The van der Waals surface area contributed by atoms with E-state index in [2.05, 4.69) is 15.6 Å². The average molecular weight is 415 g/mol. The number of nitrogens with zero attached hydrogens (tertiary/aromatic N) is 3. The lowest BCUT2D eigenvalue weighted by molar-refractivity contribution is 0.0537. The summed E-state index contributed by atoms with van der Waals surface area (Å²) in [5, 5.41) is 9.48. The van der Waals surface area contributed by atoms with E-state index in [0.717, 1.165) is 22.0 Å². The maximum Gasteiger partial charge on any atom is 0.275 e. The molecule has 1 amide bonds. The van der Waals surface area contributed by atoms with Gasteiger partial charge in [-0.15, -0.1) is 11.3 Å². The van der Waals surface area contributed by atoms with Gasteiger partial charge in [-0.25, -0.2) is 15.5 Å². The maximum absolute atomic E-state index is 12.0. The van der Waals surface area contributed by atoms with Crippen molar-refractivity contribution < 1.29 is 9.63 Å². The van der Waals surface area contributed by atoms with E-state index in [4.69, 9.17) is 16.4 Å². The first-order chi connectivity index (χ1) is 13.6. The largest absolute Gasteiger partial charge is 0.277 e. The summed E-state index contributed by atoms with van der Waals surface area (Å²) < 4.78 is 0. The second-order valence-corrected chi connectivity index (χ2v) is 7.06. The highest BCUT2D eigenvalue weighted by Gasteiger charge is 2.11. The van der Waals surface area contributed by atoms with Crippen molar-refractivity contribution in [2.45, 2.75) is 6.42 Å². The summed E-state index contributed by atoms with van der Waals surface area (Å²) in [5.41, 5.74) is 5.44. The molecule has 3 rings (SSSR count). The Morgan fingerprint density at radius 3 is 2.82 bits per heavy atom. The molecule has 1 N–H and O–H groups in total. The highest BCUT2D eigenvalue weighted by atomic mass is 35.5. The predicted molar refractivity (Wildman–Crippen MR) is 114 cm³/mol. The first kappa shape index (κ1) is 20.0. The van der Waals surface area contributed by atoms with Crippen molar-refractivity contribution in [2.24, 2.45) is 5.10 Å². The molecule has 0 aliphatic rings. The zero-order chi connectivity index (χ0) is 19.9. The minimum absolute atomic E-state index is 0.288. The van der Waals surface area contributed by atoms with Crippen LogP contribution in [0.25, 0.3) is 11.3 Å². The first-order valence-electron chi connectivity index (χ1n) is 8.48. The summed E-state index contributed by atoms with van der Waals surface area (Å²) in [4.78, 5) is 21.3. The fourth-order valence-electron chi connectivity index (χ4n) is 2.58. The van der Waals surface area contributed by atoms with Crippen LogP contribution in [0.4, 0.5) is 5.13 Å². The second kappa shape index (κ2) is 9.45. The van der Waals surface area contributed by atoms with E-state index in [1.165, 1.54) is 18.4 Å². The van der Waals surface area contributed by atoms with E-state index in [0.29, 0.717) is 17.0 Å². The molecule has 0 aliphatic heterocycles. The van der Waals surface area contributed by atoms with Crippen LogP contribution < -0.4 is 10.5 Å². The van der Waals surface area contributed by atoms with Gasteiger partial charge >= 0.3 is 0 Å². The normalized spacial score (nSPS) is 11.0. The Kier molecular flexibility index (Phi) is 6.76. The van der Waals surface area contributed by atoms with Crippen molar-refractivity contribution in [1.82, 2.24) is 10.5 Å². The molecule has 0 bridgehead atoms. The Bertz CT molecular complexity index is 990. The molecule has 2 aromatic carbocycles. The van der Waals surface area contributed by atoms with Crippen LogP contribution in [0.3, 0.4) is 0 Å². The molecule has 0 spiro atoms. The molecule has 8 heteroatoms. The minimum atomic E-state index is -0.288. The zero-order valence-electron chi connectivity index (χ0n) is 15.4. The number of hydrogen-bond acceptors (Lipinski definition) is 6. The Hall–Kier alpha value is -2.74. The van der Waals surface area contributed by atoms with Crippen LogP contribution in [0.2, 0.25) is 5.02 Å². The molecule has 0 saturated carbocycles. The monoisotopic (exact) mass is 414 g/mol. The number of hydrazone groups is 1. The third kappa shape index (κ3) is 4.75. The van der Waals surface area contributed by atoms with Gasteiger partial charge in [0.15, 0.2) is 0 Å². The molecule has 0 aliphatic carbocycles. The van der Waals surface area contributed by atoms with E-state index >= 15 is 0 Å². The smallest absolute Gasteiger partial charge is 0.275 e. The number of nitrogens with one attached hydrogen (secondary N) is 1. The number of thiazole rings is 1. The van der Waals surface area contributed by atoms with Gasteiger partial charge in [0, 0.05) is 41.2 Å². The van der Waals surface area contributed by atoms with Crippen molar-refractivity contribution in [3.63, 3.8) is 0 Å². The molecule has 0 saturated heterocycles. The summed E-state index contributed by atoms with van der Waals surface area (Å²) in [5.74, 6) is -0.288. The van der Waals surface area contributed by atoms with E-state index in [-0.39, 0.29) is 5.91 Å². The Morgan fingerprint density at radius 2 is 2.04 bits per heavy atom. The van der Waals surface area contributed by atoms with Gasteiger partial charge in [-0.05, 0) is 17.7 Å². The third-order valence-electron chi connectivity index (χ3n) is 3.94. The van der Waals surface area contributed by atoms with Crippen LogP contribution >= 0.6 is 22.9 Å². The molecule has 0 unspecified atom stereocenters. The molecule has 3 aromatic rings. The summed E-state index contributed by atoms with van der Waals surface area (Å²) in [6.07, 6.45) is 2.25. The summed E-state index contributed by atoms with van der Waals surface area (Å²) in [7, 11) is 3.23. The van der Waals surface area contributed by atoms with Gasteiger partial charge in [-0.1, -0.05) is 48.0 Å². The van der Waals surface area contributed by atoms with Crippen LogP contribution in [0, 0.1) is 0 Å². The van der Waals surface area contributed by atoms with Crippen molar-refractivity contribution in [3.8, 4) is 11.3 Å². The van der Waals surface area contributed by atoms with Gasteiger partial charge in [0.25, 0.3) is 5.91 Å². The second-order valence-electron chi connectivity index (χ2n) is 5.81. The van der Waals surface area contributed by atoms with Crippen LogP contribution in [0.1, 0.15) is 15.9 Å². The highest BCUT2D eigenvalue weighted by Crippen LogP contribution is 2.31. The maximum atomic E-state index is 12.0. The van der Waals surface area contributed by atoms with Gasteiger partial charge in [0.1, 0.15) is 0 Å². The van der Waals surface area contributed by atoms with Gasteiger partial charge in [0.2, 0.25) is 5.13 Å². The number of anilines is 1. The number of carbonyl (C=O) groups excluding carboxylic acids is 1. The van der Waals surface area contributed by atoms with Gasteiger partial charge in [-0.2, -0.15) is 5.10 Å². The standard InChI is InChI=1S/C20H19ClN4O2S/c1-25(20-23-18(13-28-20)16-9-5-6-10-17(16)21)22-12-11-14-7-3-4-8-15(14)19(26)24-27-2/h3-10,12-13H,11H2,1-2H3,(H,24,26)/b22-12+. The molecular weight excluding hydrogens is 396 g/mol. The molecule has 1 aromatic heterocycles. The number of aromatic nitrogens is 1. The quantitative estimate of drug-likeness (QED) is 0.459. The molecule has 144 valence electrons. The number of amides is 1. The fourth-order valence-corrected chi connectivity index (χ4v) is 3.56. The summed E-state index contributed by atoms with van der Waals surface area (Å²) >= 11 is 7.73. The SMILES string of the molecule is CONC(=O)c1ccccc1C/C=N/N(C)c1nc(-c2ccccc2Cl)cs1. The lowest BCUT2D eigenvalue weighted by atomic mass is 10.0. The van der Waals surface area contributed by atoms with Crippen LogP contribution in [-0.4, -0.2) is 31.3 Å². The van der Waals surface area contributed by atoms with Crippen LogP contribution in [0.15, 0.2) is 59.0 Å². The third-order valence-corrected chi connectivity index (χ3v) is 5.18. The van der Waals surface area contributed by atoms with Gasteiger partial charge in [-0.3, -0.25) is 9.63 Å². The number of rotatable bonds is 7. The van der Waals surface area contributed by atoms with Crippen LogP contribution in [-0.2, 0) is 11.3 Å². The molecule has 1 heterocycles. The fraction of sp³-hybridized carbons (Fsp3) is 0.150. The summed E-state index contributed by atoms with van der Waals surface area (Å²) in [6, 6.07) is 14.9. The molecule has 6 nitrogen and oxygen atoms in total. The molecule has 28 heavy (non-hydrogen) atoms. The number of carbonyl (C=O) groups is 1. The first-order valence-corrected chi connectivity index (χ1v) is 9.73. The minimum Gasteiger partial charge on any atom is -0.277 e. The Balaban J connectivity index is 1.69. The number of benzene rings is 2. The van der Waals surface area contributed by atoms with Gasteiger partial charge < -0.3 is 0 Å². The molecule has 0 atom stereocenters. The van der Waals surface area contributed by atoms with E-state index in [1.54, 1.807) is 17.3 Å². The zero-order valence-corrected chi connectivity index (χ0v) is 17.0. The molecule has 0 radical (unpaired) electrons. The number of hydroxylamine groups is 1. The highest BCUT2D eigenvalue weighted by molar-refractivity contribution is 7.14. The summed E-state index contributed by atoms with van der Waals surface area (Å²) in [6.45, 7) is 0.